The number of aliphatic imine (C=N–C) groups is 1. The van der Waals surface area contributed by atoms with Crippen LogP contribution in [-0.2, 0) is 13.1 Å². The second-order valence-electron chi connectivity index (χ2n) is 5.90. The summed E-state index contributed by atoms with van der Waals surface area (Å²) in [5, 5.41) is 6.06. The molecular weight excluding hydrogens is 533 g/mol. The standard InChI is InChI=1S/C20H23F4N3O3.HI/c1-3-25-20(27-12-14-6-4-5-7-15(14)29-18(21)22)26-11-13-8-9-16(28-2)17(10-13)30-19(23)24;/h4-10,18-19H,3,11-12H2,1-2H3,(H2,25,26,27);1H. The van der Waals surface area contributed by atoms with E-state index in [1.54, 1.807) is 24.3 Å². The van der Waals surface area contributed by atoms with E-state index in [9.17, 15) is 17.6 Å². The van der Waals surface area contributed by atoms with Crippen molar-refractivity contribution >= 4 is 29.9 Å². The lowest BCUT2D eigenvalue weighted by molar-refractivity contribution is -0.0516. The van der Waals surface area contributed by atoms with E-state index >= 15 is 0 Å². The molecule has 0 atom stereocenters. The summed E-state index contributed by atoms with van der Waals surface area (Å²) in [6, 6.07) is 11.0. The van der Waals surface area contributed by atoms with Crippen molar-refractivity contribution in [3.8, 4) is 17.2 Å². The molecule has 0 saturated heterocycles. The predicted octanol–water partition coefficient (Wildman–Crippen LogP) is 4.77. The van der Waals surface area contributed by atoms with Crippen LogP contribution in [0.15, 0.2) is 47.5 Å². The first-order valence-corrected chi connectivity index (χ1v) is 9.09. The minimum Gasteiger partial charge on any atom is -0.493 e. The molecule has 0 saturated carbocycles. The Morgan fingerprint density at radius 3 is 2.26 bits per heavy atom. The molecule has 0 bridgehead atoms. The van der Waals surface area contributed by atoms with E-state index in [0.29, 0.717) is 23.6 Å². The van der Waals surface area contributed by atoms with Crippen LogP contribution < -0.4 is 24.8 Å². The Balaban J connectivity index is 0.00000480. The number of halogens is 5. The quantitative estimate of drug-likeness (QED) is 0.191. The molecule has 0 fully saturated rings. The van der Waals surface area contributed by atoms with Crippen LogP contribution in [-0.4, -0.2) is 32.8 Å². The van der Waals surface area contributed by atoms with Crippen molar-refractivity contribution in [3.63, 3.8) is 0 Å². The smallest absolute Gasteiger partial charge is 0.387 e. The Hall–Kier alpha value is -2.44. The molecule has 2 aromatic rings. The van der Waals surface area contributed by atoms with Gasteiger partial charge >= 0.3 is 13.2 Å². The van der Waals surface area contributed by atoms with Crippen LogP contribution in [0.25, 0.3) is 0 Å². The minimum absolute atomic E-state index is 0. The average Bonchev–Trinajstić information content (AvgIpc) is 2.70. The maximum atomic E-state index is 12.6. The van der Waals surface area contributed by atoms with Crippen LogP contribution in [0.1, 0.15) is 18.1 Å². The van der Waals surface area contributed by atoms with Gasteiger partial charge in [-0.05, 0) is 30.7 Å². The lowest BCUT2D eigenvalue weighted by Crippen LogP contribution is -2.36. The number of benzene rings is 2. The van der Waals surface area contributed by atoms with Gasteiger partial charge in [0.15, 0.2) is 17.5 Å². The number of hydrogen-bond acceptors (Lipinski definition) is 4. The minimum atomic E-state index is -2.98. The lowest BCUT2D eigenvalue weighted by Gasteiger charge is -2.14. The topological polar surface area (TPSA) is 64.1 Å². The predicted molar refractivity (Wildman–Crippen MR) is 120 cm³/mol. The van der Waals surface area contributed by atoms with Crippen LogP contribution in [0, 0.1) is 0 Å². The summed E-state index contributed by atoms with van der Waals surface area (Å²) in [7, 11) is 1.36. The zero-order valence-electron chi connectivity index (χ0n) is 16.9. The van der Waals surface area contributed by atoms with Crippen molar-refractivity contribution in [1.29, 1.82) is 0 Å². The first kappa shape index (κ1) is 26.6. The first-order chi connectivity index (χ1) is 14.4. The van der Waals surface area contributed by atoms with Gasteiger partial charge in [-0.25, -0.2) is 4.99 Å². The number of rotatable bonds is 10. The van der Waals surface area contributed by atoms with E-state index in [1.165, 1.54) is 25.3 Å². The molecule has 11 heteroatoms. The summed E-state index contributed by atoms with van der Waals surface area (Å²) < 4.78 is 64.2. The van der Waals surface area contributed by atoms with Gasteiger partial charge in [-0.1, -0.05) is 24.3 Å². The van der Waals surface area contributed by atoms with Gasteiger partial charge in [0, 0.05) is 18.7 Å². The van der Waals surface area contributed by atoms with Gasteiger partial charge in [0.2, 0.25) is 0 Å². The molecule has 0 aliphatic carbocycles. The fraction of sp³-hybridized carbons (Fsp3) is 0.350. The van der Waals surface area contributed by atoms with Gasteiger partial charge in [-0.3, -0.25) is 0 Å². The molecule has 0 spiro atoms. The fourth-order valence-electron chi connectivity index (χ4n) is 2.56. The molecule has 2 aromatic carbocycles. The summed E-state index contributed by atoms with van der Waals surface area (Å²) in [4.78, 5) is 4.39. The number of hydrogen-bond donors (Lipinski definition) is 2. The van der Waals surface area contributed by atoms with Crippen LogP contribution in [0.3, 0.4) is 0 Å². The molecule has 172 valence electrons. The molecule has 0 heterocycles. The van der Waals surface area contributed by atoms with E-state index < -0.39 is 13.2 Å². The highest BCUT2D eigenvalue weighted by Crippen LogP contribution is 2.29. The molecule has 0 amide bonds. The van der Waals surface area contributed by atoms with Crippen molar-refractivity contribution in [2.24, 2.45) is 4.99 Å². The van der Waals surface area contributed by atoms with E-state index in [-0.39, 0.29) is 54.3 Å². The van der Waals surface area contributed by atoms with Crippen molar-refractivity contribution in [2.75, 3.05) is 13.7 Å². The summed E-state index contributed by atoms with van der Waals surface area (Å²) in [5.41, 5.74) is 1.14. The van der Waals surface area contributed by atoms with Crippen molar-refractivity contribution in [2.45, 2.75) is 33.2 Å². The highest BCUT2D eigenvalue weighted by molar-refractivity contribution is 14.0. The molecule has 2 rings (SSSR count). The third-order valence-electron chi connectivity index (χ3n) is 3.84. The van der Waals surface area contributed by atoms with Crippen LogP contribution in [0.4, 0.5) is 17.6 Å². The Morgan fingerprint density at radius 2 is 1.61 bits per heavy atom. The number of ether oxygens (including phenoxy) is 3. The van der Waals surface area contributed by atoms with Gasteiger partial charge < -0.3 is 24.8 Å². The van der Waals surface area contributed by atoms with Crippen LogP contribution in [0.2, 0.25) is 0 Å². The van der Waals surface area contributed by atoms with Crippen LogP contribution >= 0.6 is 24.0 Å². The zero-order valence-corrected chi connectivity index (χ0v) is 19.2. The van der Waals surface area contributed by atoms with Crippen molar-refractivity contribution in [1.82, 2.24) is 10.6 Å². The lowest BCUT2D eigenvalue weighted by atomic mass is 10.2. The zero-order chi connectivity index (χ0) is 21.9. The second-order valence-corrected chi connectivity index (χ2v) is 5.90. The van der Waals surface area contributed by atoms with E-state index in [0.717, 1.165) is 0 Å². The molecule has 0 unspecified atom stereocenters. The van der Waals surface area contributed by atoms with E-state index in [1.807, 2.05) is 6.92 Å². The number of alkyl halides is 4. The monoisotopic (exact) mass is 557 g/mol. The SMILES string of the molecule is CCNC(=NCc1ccc(OC)c(OC(F)F)c1)NCc1ccccc1OC(F)F.I. The highest BCUT2D eigenvalue weighted by atomic mass is 127. The first-order valence-electron chi connectivity index (χ1n) is 9.09. The number of methoxy groups -OCH3 is 1. The fourth-order valence-corrected chi connectivity index (χ4v) is 2.56. The molecule has 0 aliphatic rings. The van der Waals surface area contributed by atoms with Gasteiger partial charge in [0.05, 0.1) is 13.7 Å². The number of nitrogens with zero attached hydrogens (tertiary/aromatic N) is 1. The molecule has 6 nitrogen and oxygen atoms in total. The normalized spacial score (nSPS) is 11.2. The van der Waals surface area contributed by atoms with Gasteiger partial charge in [-0.2, -0.15) is 17.6 Å². The van der Waals surface area contributed by atoms with Gasteiger partial charge in [-0.15, -0.1) is 24.0 Å². The van der Waals surface area contributed by atoms with Crippen molar-refractivity contribution < 1.29 is 31.8 Å². The largest absolute Gasteiger partial charge is 0.493 e. The Labute approximate surface area is 195 Å². The Kier molecular flexibility index (Phi) is 11.8. The maximum absolute atomic E-state index is 12.6. The van der Waals surface area contributed by atoms with Crippen LogP contribution in [0.5, 0.6) is 17.2 Å². The van der Waals surface area contributed by atoms with E-state index in [4.69, 9.17) is 4.74 Å². The highest BCUT2D eigenvalue weighted by Gasteiger charge is 2.12. The molecule has 0 aromatic heterocycles. The number of para-hydroxylation sites is 1. The molecule has 2 N–H and O–H groups in total. The molecule has 31 heavy (non-hydrogen) atoms. The summed E-state index contributed by atoms with van der Waals surface area (Å²) in [5.74, 6) is 0.580. The Morgan fingerprint density at radius 1 is 0.935 bits per heavy atom. The molecule has 0 radical (unpaired) electrons. The summed E-state index contributed by atoms with van der Waals surface area (Å²) in [6.45, 7) is -3.12. The molecular formula is C20H24F4IN3O3. The maximum Gasteiger partial charge on any atom is 0.387 e. The van der Waals surface area contributed by atoms with E-state index in [2.05, 4.69) is 25.1 Å². The number of nitrogens with one attached hydrogen (secondary N) is 2. The molecule has 0 aliphatic heterocycles. The number of guanidine groups is 1. The summed E-state index contributed by atoms with van der Waals surface area (Å²) >= 11 is 0. The summed E-state index contributed by atoms with van der Waals surface area (Å²) in [6.07, 6.45) is 0. The average molecular weight is 557 g/mol. The van der Waals surface area contributed by atoms with Crippen molar-refractivity contribution in [3.05, 3.63) is 53.6 Å². The third kappa shape index (κ3) is 9.07. The Bertz CT molecular complexity index is 841. The van der Waals surface area contributed by atoms with Gasteiger partial charge in [0.25, 0.3) is 0 Å². The van der Waals surface area contributed by atoms with Gasteiger partial charge in [0.1, 0.15) is 5.75 Å². The third-order valence-corrected chi connectivity index (χ3v) is 3.84. The second kappa shape index (κ2) is 13.8.